The molecule has 2 aromatic carbocycles. The summed E-state index contributed by atoms with van der Waals surface area (Å²) in [5.74, 6) is 0.0489. The third-order valence-corrected chi connectivity index (χ3v) is 6.53. The van der Waals surface area contributed by atoms with Crippen LogP contribution in [0.4, 0.5) is 5.69 Å². The highest BCUT2D eigenvalue weighted by Crippen LogP contribution is 2.31. The maximum atomic E-state index is 12.6. The Morgan fingerprint density at radius 2 is 2.00 bits per heavy atom. The molecule has 2 N–H and O–H groups in total. The summed E-state index contributed by atoms with van der Waals surface area (Å²) in [7, 11) is -2.18. The fourth-order valence-electron chi connectivity index (χ4n) is 3.00. The zero-order valence-corrected chi connectivity index (χ0v) is 17.8. The van der Waals surface area contributed by atoms with Gasteiger partial charge in [0.25, 0.3) is 5.91 Å². The second kappa shape index (κ2) is 9.13. The zero-order valence-electron chi connectivity index (χ0n) is 16.2. The van der Waals surface area contributed by atoms with Gasteiger partial charge >= 0.3 is 0 Å². The second-order valence-electron chi connectivity index (χ2n) is 6.77. The number of hydrogen-bond acceptors (Lipinski definition) is 5. The summed E-state index contributed by atoms with van der Waals surface area (Å²) < 4.78 is 38.1. The Morgan fingerprint density at radius 3 is 2.62 bits per heavy atom. The van der Waals surface area contributed by atoms with Crippen LogP contribution >= 0.6 is 11.6 Å². The van der Waals surface area contributed by atoms with E-state index in [4.69, 9.17) is 21.1 Å². The van der Waals surface area contributed by atoms with E-state index in [9.17, 15) is 13.2 Å². The first kappa shape index (κ1) is 21.6. The quantitative estimate of drug-likeness (QED) is 0.691. The molecule has 1 aliphatic rings. The number of anilines is 1. The van der Waals surface area contributed by atoms with Gasteiger partial charge in [0.1, 0.15) is 5.75 Å². The lowest BCUT2D eigenvalue weighted by Crippen LogP contribution is -2.31. The Morgan fingerprint density at radius 1 is 1.28 bits per heavy atom. The Kier molecular flexibility index (Phi) is 6.79. The van der Waals surface area contributed by atoms with Gasteiger partial charge in [-0.1, -0.05) is 11.6 Å². The molecule has 0 bridgehead atoms. The van der Waals surface area contributed by atoms with E-state index >= 15 is 0 Å². The number of carbonyl (C=O) groups is 1. The van der Waals surface area contributed by atoms with Crippen LogP contribution in [0.3, 0.4) is 0 Å². The lowest BCUT2D eigenvalue weighted by atomic mass is 10.1. The first-order valence-electron chi connectivity index (χ1n) is 9.17. The Hall–Kier alpha value is -2.13. The number of amides is 1. The average Bonchev–Trinajstić information content (AvgIpc) is 3.23. The van der Waals surface area contributed by atoms with Gasteiger partial charge in [-0.3, -0.25) is 4.79 Å². The van der Waals surface area contributed by atoms with Crippen molar-refractivity contribution in [3.63, 3.8) is 0 Å². The van der Waals surface area contributed by atoms with Crippen LogP contribution in [0.25, 0.3) is 0 Å². The van der Waals surface area contributed by atoms with Crippen molar-refractivity contribution in [3.8, 4) is 5.75 Å². The van der Waals surface area contributed by atoms with Crippen molar-refractivity contribution < 1.29 is 22.7 Å². The number of methoxy groups -OCH3 is 1. The number of hydrogen-bond donors (Lipinski definition) is 2. The number of aryl methyl sites for hydroxylation is 1. The van der Waals surface area contributed by atoms with Crippen molar-refractivity contribution in [2.24, 2.45) is 0 Å². The molecular weight excluding hydrogens is 416 g/mol. The molecule has 7 nitrogen and oxygen atoms in total. The predicted molar refractivity (Wildman–Crippen MR) is 111 cm³/mol. The normalized spacial score (nSPS) is 16.6. The summed E-state index contributed by atoms with van der Waals surface area (Å²) in [6.45, 7) is 2.72. The van der Waals surface area contributed by atoms with Crippen molar-refractivity contribution in [1.82, 2.24) is 4.72 Å². The molecule has 29 heavy (non-hydrogen) atoms. The van der Waals surface area contributed by atoms with Gasteiger partial charge in [-0.05, 0) is 55.7 Å². The fourth-order valence-corrected chi connectivity index (χ4v) is 4.22. The fraction of sp³-hybridized carbons (Fsp3) is 0.350. The number of benzene rings is 2. The maximum absolute atomic E-state index is 12.6. The number of carbonyl (C=O) groups excluding carboxylic acids is 1. The second-order valence-corrected chi connectivity index (χ2v) is 8.94. The van der Waals surface area contributed by atoms with Crippen LogP contribution in [0, 0.1) is 6.92 Å². The topological polar surface area (TPSA) is 93.7 Å². The molecule has 0 saturated carbocycles. The minimum absolute atomic E-state index is 0.0898. The lowest BCUT2D eigenvalue weighted by Gasteiger charge is -2.13. The third kappa shape index (κ3) is 5.27. The number of sulfonamides is 1. The molecule has 0 spiro atoms. The van der Waals surface area contributed by atoms with Gasteiger partial charge in [0, 0.05) is 29.8 Å². The summed E-state index contributed by atoms with van der Waals surface area (Å²) >= 11 is 6.08. The lowest BCUT2D eigenvalue weighted by molar-refractivity contribution is 0.102. The smallest absolute Gasteiger partial charge is 0.255 e. The van der Waals surface area contributed by atoms with Gasteiger partial charge in [-0.15, -0.1) is 0 Å². The average molecular weight is 439 g/mol. The molecular formula is C20H23ClN2O5S. The molecule has 1 aliphatic heterocycles. The van der Waals surface area contributed by atoms with E-state index in [1.807, 2.05) is 6.92 Å². The molecule has 2 aromatic rings. The highest BCUT2D eigenvalue weighted by Gasteiger charge is 2.20. The molecule has 1 atom stereocenters. The molecule has 156 valence electrons. The molecule has 1 fully saturated rings. The summed E-state index contributed by atoms with van der Waals surface area (Å²) in [4.78, 5) is 12.6. The van der Waals surface area contributed by atoms with Gasteiger partial charge in [0.15, 0.2) is 0 Å². The van der Waals surface area contributed by atoms with Crippen molar-refractivity contribution >= 4 is 33.2 Å². The first-order chi connectivity index (χ1) is 13.8. The first-order valence-corrected chi connectivity index (χ1v) is 11.0. The van der Waals surface area contributed by atoms with E-state index in [-0.39, 0.29) is 23.5 Å². The standard InChI is InChI=1S/C20H23ClN2O5S/c1-13-10-18(19(27-2)11-17(13)21)23-20(24)14-5-7-16(8-6-14)29(25,26)22-12-15-4-3-9-28-15/h5-8,10-11,15,22H,3-4,9,12H2,1-2H3,(H,23,24)/t15-/m0/s1. The monoisotopic (exact) mass is 438 g/mol. The Bertz CT molecular complexity index is 987. The summed E-state index contributed by atoms with van der Waals surface area (Å²) in [6.07, 6.45) is 1.69. The molecule has 0 aromatic heterocycles. The maximum Gasteiger partial charge on any atom is 0.255 e. The largest absolute Gasteiger partial charge is 0.495 e. The van der Waals surface area contributed by atoms with Gasteiger partial charge in [0.05, 0.1) is 23.8 Å². The van der Waals surface area contributed by atoms with E-state index in [2.05, 4.69) is 10.0 Å². The van der Waals surface area contributed by atoms with Crippen molar-refractivity contribution in [1.29, 1.82) is 0 Å². The summed E-state index contributed by atoms with van der Waals surface area (Å²) in [5.41, 5.74) is 1.59. The van der Waals surface area contributed by atoms with Crippen LogP contribution in [-0.2, 0) is 14.8 Å². The van der Waals surface area contributed by atoms with Crippen molar-refractivity contribution in [3.05, 3.63) is 52.5 Å². The Balaban J connectivity index is 1.69. The van der Waals surface area contributed by atoms with E-state index in [0.717, 1.165) is 18.4 Å². The minimum atomic E-state index is -3.67. The Labute approximate surface area is 175 Å². The molecule has 3 rings (SSSR count). The van der Waals surface area contributed by atoms with Gasteiger partial charge in [0.2, 0.25) is 10.0 Å². The minimum Gasteiger partial charge on any atom is -0.495 e. The highest BCUT2D eigenvalue weighted by atomic mass is 35.5. The van der Waals surface area contributed by atoms with Crippen LogP contribution in [0.1, 0.15) is 28.8 Å². The van der Waals surface area contributed by atoms with Crippen LogP contribution < -0.4 is 14.8 Å². The summed E-state index contributed by atoms with van der Waals surface area (Å²) in [6, 6.07) is 9.07. The molecule has 1 amide bonds. The molecule has 0 aliphatic carbocycles. The number of rotatable bonds is 7. The van der Waals surface area contributed by atoms with Crippen LogP contribution in [0.2, 0.25) is 5.02 Å². The van der Waals surface area contributed by atoms with E-state index in [0.29, 0.717) is 28.6 Å². The van der Waals surface area contributed by atoms with Crippen LogP contribution in [-0.4, -0.2) is 40.7 Å². The molecule has 1 heterocycles. The van der Waals surface area contributed by atoms with E-state index < -0.39 is 10.0 Å². The van der Waals surface area contributed by atoms with E-state index in [1.165, 1.54) is 31.4 Å². The van der Waals surface area contributed by atoms with Crippen molar-refractivity contribution in [2.45, 2.75) is 30.8 Å². The summed E-state index contributed by atoms with van der Waals surface area (Å²) in [5, 5.41) is 3.29. The van der Waals surface area contributed by atoms with E-state index in [1.54, 1.807) is 12.1 Å². The third-order valence-electron chi connectivity index (χ3n) is 4.68. The zero-order chi connectivity index (χ0) is 21.0. The van der Waals surface area contributed by atoms with Gasteiger partial charge < -0.3 is 14.8 Å². The highest BCUT2D eigenvalue weighted by molar-refractivity contribution is 7.89. The molecule has 9 heteroatoms. The SMILES string of the molecule is COc1cc(Cl)c(C)cc1NC(=O)c1ccc(S(=O)(=O)NC[C@@H]2CCCO2)cc1. The number of nitrogens with one attached hydrogen (secondary N) is 2. The molecule has 1 saturated heterocycles. The number of halogens is 1. The predicted octanol–water partition coefficient (Wildman–Crippen LogP) is 3.37. The van der Waals surface area contributed by atoms with Gasteiger partial charge in [-0.25, -0.2) is 13.1 Å². The van der Waals surface area contributed by atoms with Gasteiger partial charge in [-0.2, -0.15) is 0 Å². The van der Waals surface area contributed by atoms with Crippen LogP contribution in [0.15, 0.2) is 41.3 Å². The number of ether oxygens (including phenoxy) is 2. The molecule has 0 unspecified atom stereocenters. The van der Waals surface area contributed by atoms with Crippen molar-refractivity contribution in [2.75, 3.05) is 25.6 Å². The molecule has 0 radical (unpaired) electrons. The van der Waals surface area contributed by atoms with Crippen LogP contribution in [0.5, 0.6) is 5.75 Å².